The van der Waals surface area contributed by atoms with E-state index in [9.17, 15) is 14.7 Å². The molecule has 0 unspecified atom stereocenters. The number of hydrogen-bond donors (Lipinski definition) is 1. The Morgan fingerprint density at radius 2 is 1.85 bits per heavy atom. The van der Waals surface area contributed by atoms with Crippen molar-refractivity contribution in [1.29, 1.82) is 0 Å². The predicted octanol–water partition coefficient (Wildman–Crippen LogP) is 3.23. The summed E-state index contributed by atoms with van der Waals surface area (Å²) in [5.74, 6) is 0.596. The normalized spacial score (nSPS) is 32.4. The van der Waals surface area contributed by atoms with Crippen molar-refractivity contribution in [3.05, 3.63) is 29.6 Å². The Labute approximate surface area is 195 Å². The van der Waals surface area contributed by atoms with E-state index in [0.29, 0.717) is 37.6 Å². The maximum Gasteiger partial charge on any atom is 0.407 e. The van der Waals surface area contributed by atoms with Gasteiger partial charge >= 0.3 is 12.1 Å². The lowest BCUT2D eigenvalue weighted by molar-refractivity contribution is -0.0143. The van der Waals surface area contributed by atoms with Gasteiger partial charge in [0.05, 0.1) is 12.2 Å². The number of carbonyl (C=O) groups excluding carboxylic acids is 1. The van der Waals surface area contributed by atoms with Crippen LogP contribution in [0, 0.1) is 11.3 Å². The van der Waals surface area contributed by atoms with Crippen LogP contribution in [0.25, 0.3) is 0 Å². The number of fused-ring (bicyclic) bond motifs is 1. The van der Waals surface area contributed by atoms with Crippen LogP contribution in [0.5, 0.6) is 0 Å². The quantitative estimate of drug-likeness (QED) is 0.744. The van der Waals surface area contributed by atoms with Gasteiger partial charge in [0.15, 0.2) is 0 Å². The third-order valence-corrected chi connectivity index (χ3v) is 9.18. The third-order valence-electron chi connectivity index (χ3n) is 9.18. The van der Waals surface area contributed by atoms with Gasteiger partial charge in [-0.2, -0.15) is 0 Å². The molecule has 3 saturated heterocycles. The standard InChI is InChI=1S/C25H35N5O3/c31-23(29-15-19-3-1-8-26-21(19)16-29)30-9-2-4-22(30)18-5-10-27(11-6-18)20-13-25(14-20)7-12-28(17-25)24(32)33/h1,3,8,18,20,22H,2,4-7,9-17H2,(H,32,33)/t20?,22-,25?/m0/s1. The number of amides is 3. The van der Waals surface area contributed by atoms with Gasteiger partial charge in [0.1, 0.15) is 0 Å². The molecule has 1 aromatic rings. The van der Waals surface area contributed by atoms with Gasteiger partial charge in [0.25, 0.3) is 0 Å². The molecular weight excluding hydrogens is 418 g/mol. The lowest BCUT2D eigenvalue weighted by atomic mass is 9.64. The molecule has 8 nitrogen and oxygen atoms in total. The Kier molecular flexibility index (Phi) is 5.24. The number of nitrogens with zero attached hydrogens (tertiary/aromatic N) is 5. The maximum atomic E-state index is 13.4. The summed E-state index contributed by atoms with van der Waals surface area (Å²) >= 11 is 0. The van der Waals surface area contributed by atoms with Gasteiger partial charge in [-0.15, -0.1) is 0 Å². The van der Waals surface area contributed by atoms with Crippen LogP contribution in [0.15, 0.2) is 18.3 Å². The fraction of sp³-hybridized carbons (Fsp3) is 0.720. The summed E-state index contributed by atoms with van der Waals surface area (Å²) in [6.45, 7) is 5.87. The van der Waals surface area contributed by atoms with Gasteiger partial charge < -0.3 is 24.7 Å². The number of likely N-dealkylation sites (tertiary alicyclic amines) is 3. The highest BCUT2D eigenvalue weighted by Gasteiger charge is 2.51. The van der Waals surface area contributed by atoms with Crippen molar-refractivity contribution in [2.24, 2.45) is 11.3 Å². The SMILES string of the molecule is O=C(O)N1CCC2(CC(N3CCC([C@@H]4CCCN4C(=O)N4Cc5cccnc5C4)CC3)C2)C1. The Morgan fingerprint density at radius 1 is 1.03 bits per heavy atom. The molecule has 1 aromatic heterocycles. The van der Waals surface area contributed by atoms with Gasteiger partial charge in [0.2, 0.25) is 0 Å². The van der Waals surface area contributed by atoms with Crippen molar-refractivity contribution < 1.29 is 14.7 Å². The molecule has 6 rings (SSSR count). The van der Waals surface area contributed by atoms with E-state index in [2.05, 4.69) is 20.9 Å². The number of carboxylic acid groups (broad SMARTS) is 1. The van der Waals surface area contributed by atoms with Crippen molar-refractivity contribution >= 4 is 12.1 Å². The van der Waals surface area contributed by atoms with Crippen LogP contribution >= 0.6 is 0 Å². The second-order valence-corrected chi connectivity index (χ2v) is 11.0. The molecule has 5 heterocycles. The van der Waals surface area contributed by atoms with E-state index < -0.39 is 6.09 Å². The summed E-state index contributed by atoms with van der Waals surface area (Å²) in [6, 6.07) is 5.24. The molecule has 4 aliphatic heterocycles. The van der Waals surface area contributed by atoms with Crippen molar-refractivity contribution in [3.8, 4) is 0 Å². The number of rotatable bonds is 2. The maximum absolute atomic E-state index is 13.4. The fourth-order valence-electron chi connectivity index (χ4n) is 7.34. The van der Waals surface area contributed by atoms with E-state index in [1.54, 1.807) is 4.90 Å². The Balaban J connectivity index is 1.01. The summed E-state index contributed by atoms with van der Waals surface area (Å²) < 4.78 is 0. The molecule has 4 fully saturated rings. The molecule has 5 aliphatic rings. The zero-order valence-electron chi connectivity index (χ0n) is 19.4. The molecule has 3 amide bonds. The van der Waals surface area contributed by atoms with Crippen LogP contribution in [0.1, 0.15) is 56.2 Å². The van der Waals surface area contributed by atoms with E-state index in [-0.39, 0.29) is 11.4 Å². The second kappa shape index (κ2) is 8.15. The minimum atomic E-state index is -0.763. The Hall–Kier alpha value is -2.35. The van der Waals surface area contributed by atoms with Crippen LogP contribution in [-0.4, -0.2) is 86.6 Å². The molecular formula is C25H35N5O3. The van der Waals surface area contributed by atoms with Crippen molar-refractivity contribution in [2.45, 2.75) is 70.1 Å². The minimum absolute atomic E-state index is 0.197. The Bertz CT molecular complexity index is 899. The number of pyridine rings is 1. The smallest absolute Gasteiger partial charge is 0.407 e. The van der Waals surface area contributed by atoms with Crippen LogP contribution in [0.4, 0.5) is 9.59 Å². The molecule has 178 valence electrons. The van der Waals surface area contributed by atoms with E-state index in [1.807, 2.05) is 17.2 Å². The summed E-state index contributed by atoms with van der Waals surface area (Å²) in [5.41, 5.74) is 2.47. The zero-order valence-corrected chi connectivity index (χ0v) is 19.4. The molecule has 1 aliphatic carbocycles. The van der Waals surface area contributed by atoms with Crippen molar-refractivity contribution in [1.82, 2.24) is 24.6 Å². The lowest BCUT2D eigenvalue weighted by Gasteiger charge is -2.52. The topological polar surface area (TPSA) is 80.2 Å². The average molecular weight is 454 g/mol. The van der Waals surface area contributed by atoms with Crippen molar-refractivity contribution in [3.63, 3.8) is 0 Å². The molecule has 33 heavy (non-hydrogen) atoms. The molecule has 8 heteroatoms. The monoisotopic (exact) mass is 453 g/mol. The summed E-state index contributed by atoms with van der Waals surface area (Å²) in [4.78, 5) is 37.5. The second-order valence-electron chi connectivity index (χ2n) is 11.0. The summed E-state index contributed by atoms with van der Waals surface area (Å²) in [5, 5.41) is 9.27. The number of piperidine rings is 1. The average Bonchev–Trinajstić information content (AvgIpc) is 3.55. The highest BCUT2D eigenvalue weighted by atomic mass is 16.4. The molecule has 1 N–H and O–H groups in total. The van der Waals surface area contributed by atoms with Crippen LogP contribution in [-0.2, 0) is 13.1 Å². The predicted molar refractivity (Wildman–Crippen MR) is 123 cm³/mol. The molecule has 1 spiro atoms. The van der Waals surface area contributed by atoms with E-state index >= 15 is 0 Å². The van der Waals surface area contributed by atoms with Gasteiger partial charge in [-0.25, -0.2) is 9.59 Å². The number of hydrogen-bond acceptors (Lipinski definition) is 4. The van der Waals surface area contributed by atoms with Gasteiger partial charge in [-0.1, -0.05) is 6.07 Å². The molecule has 1 saturated carbocycles. The number of carbonyl (C=O) groups is 2. The first-order valence-corrected chi connectivity index (χ1v) is 12.7. The highest BCUT2D eigenvalue weighted by Crippen LogP contribution is 2.50. The number of aromatic nitrogens is 1. The summed E-state index contributed by atoms with van der Waals surface area (Å²) in [7, 11) is 0. The van der Waals surface area contributed by atoms with Gasteiger partial charge in [0, 0.05) is 44.5 Å². The highest BCUT2D eigenvalue weighted by molar-refractivity contribution is 5.76. The van der Waals surface area contributed by atoms with Crippen molar-refractivity contribution in [2.75, 3.05) is 32.7 Å². The fourth-order valence-corrected chi connectivity index (χ4v) is 7.34. The largest absolute Gasteiger partial charge is 0.465 e. The Morgan fingerprint density at radius 3 is 2.58 bits per heavy atom. The third kappa shape index (κ3) is 3.76. The molecule has 1 atom stereocenters. The molecule has 0 bridgehead atoms. The van der Waals surface area contributed by atoms with Crippen LogP contribution in [0.3, 0.4) is 0 Å². The first-order chi connectivity index (χ1) is 16.0. The van der Waals surface area contributed by atoms with E-state index in [1.165, 1.54) is 18.4 Å². The number of urea groups is 1. The first-order valence-electron chi connectivity index (χ1n) is 12.7. The van der Waals surface area contributed by atoms with Crippen LogP contribution < -0.4 is 0 Å². The van der Waals surface area contributed by atoms with Crippen LogP contribution in [0.2, 0.25) is 0 Å². The van der Waals surface area contributed by atoms with Gasteiger partial charge in [-0.05, 0) is 81.0 Å². The molecule has 0 aromatic carbocycles. The minimum Gasteiger partial charge on any atom is -0.465 e. The van der Waals surface area contributed by atoms with Gasteiger partial charge in [-0.3, -0.25) is 4.98 Å². The summed E-state index contributed by atoms with van der Waals surface area (Å²) in [6.07, 6.45) is 8.97. The first kappa shape index (κ1) is 21.2. The van der Waals surface area contributed by atoms with E-state index in [4.69, 9.17) is 0 Å². The lowest BCUT2D eigenvalue weighted by Crippen LogP contribution is -2.55. The zero-order chi connectivity index (χ0) is 22.6. The molecule has 0 radical (unpaired) electrons. The van der Waals surface area contributed by atoms with E-state index in [0.717, 1.165) is 64.0 Å².